The van der Waals surface area contributed by atoms with Crippen molar-refractivity contribution in [1.82, 2.24) is 5.32 Å². The van der Waals surface area contributed by atoms with Gasteiger partial charge in [0.1, 0.15) is 0 Å². The Morgan fingerprint density at radius 1 is 1.22 bits per heavy atom. The van der Waals surface area contributed by atoms with Gasteiger partial charge in [0.05, 0.1) is 34.8 Å². The molecule has 27 heavy (non-hydrogen) atoms. The van der Waals surface area contributed by atoms with Gasteiger partial charge >= 0.3 is 18.0 Å². The number of rotatable bonds is 5. The summed E-state index contributed by atoms with van der Waals surface area (Å²) >= 11 is 0. The monoisotopic (exact) mass is 379 g/mol. The van der Waals surface area contributed by atoms with Crippen LogP contribution in [0.15, 0.2) is 12.1 Å². The number of hydrogen-bond donors (Lipinski definition) is 3. The van der Waals surface area contributed by atoms with E-state index >= 15 is 0 Å². The van der Waals surface area contributed by atoms with Crippen LogP contribution in [0.5, 0.6) is 0 Å². The van der Waals surface area contributed by atoms with E-state index in [9.17, 15) is 24.5 Å². The molecule has 1 aromatic rings. The number of methoxy groups -OCH3 is 1. The van der Waals surface area contributed by atoms with Gasteiger partial charge < -0.3 is 20.5 Å². The van der Waals surface area contributed by atoms with Crippen LogP contribution in [0.3, 0.4) is 0 Å². The molecule has 1 aliphatic rings. The van der Waals surface area contributed by atoms with Crippen LogP contribution in [-0.4, -0.2) is 41.2 Å². The summed E-state index contributed by atoms with van der Waals surface area (Å²) in [6.45, 7) is 1.47. The van der Waals surface area contributed by atoms with Gasteiger partial charge in [0, 0.05) is 12.1 Å². The van der Waals surface area contributed by atoms with E-state index in [0.717, 1.165) is 13.2 Å². The molecule has 0 heterocycles. The number of nitro groups is 1. The normalized spacial score (nSPS) is 19.0. The Kier molecular flexibility index (Phi) is 6.32. The first kappa shape index (κ1) is 20.1. The average molecular weight is 379 g/mol. The van der Waals surface area contributed by atoms with Crippen molar-refractivity contribution in [2.75, 3.05) is 12.4 Å². The lowest BCUT2D eigenvalue weighted by molar-refractivity contribution is -0.385. The van der Waals surface area contributed by atoms with Crippen molar-refractivity contribution in [1.29, 1.82) is 0 Å². The molecule has 0 unspecified atom stereocenters. The first-order valence-corrected chi connectivity index (χ1v) is 8.40. The highest BCUT2D eigenvalue weighted by Gasteiger charge is 2.27. The minimum Gasteiger partial charge on any atom is -0.481 e. The van der Waals surface area contributed by atoms with Gasteiger partial charge in [-0.2, -0.15) is 0 Å². The Morgan fingerprint density at radius 3 is 2.37 bits per heavy atom. The highest BCUT2D eigenvalue weighted by Crippen LogP contribution is 2.29. The third-order valence-electron chi connectivity index (χ3n) is 4.66. The lowest BCUT2D eigenvalue weighted by Crippen LogP contribution is -2.41. The van der Waals surface area contributed by atoms with Gasteiger partial charge in [-0.3, -0.25) is 14.9 Å². The number of esters is 1. The number of urea groups is 1. The molecule has 0 aromatic heterocycles. The van der Waals surface area contributed by atoms with Crippen LogP contribution in [-0.2, 0) is 9.53 Å². The summed E-state index contributed by atoms with van der Waals surface area (Å²) in [5, 5.41) is 25.5. The number of nitro benzene ring substituents is 1. The highest BCUT2D eigenvalue weighted by molar-refractivity contribution is 5.96. The number of aliphatic carboxylic acids is 1. The second kappa shape index (κ2) is 8.47. The third kappa shape index (κ3) is 4.93. The maximum absolute atomic E-state index is 12.3. The summed E-state index contributed by atoms with van der Waals surface area (Å²) in [5.74, 6) is -1.98. The Bertz CT molecular complexity index is 770. The Balaban J connectivity index is 2.10. The smallest absolute Gasteiger partial charge is 0.338 e. The van der Waals surface area contributed by atoms with Crippen LogP contribution in [0.2, 0.25) is 0 Å². The van der Waals surface area contributed by atoms with Crippen LogP contribution in [0.25, 0.3) is 0 Å². The number of carbonyl (C=O) groups excluding carboxylic acids is 2. The number of carboxylic acids is 1. The van der Waals surface area contributed by atoms with E-state index in [2.05, 4.69) is 15.4 Å². The van der Waals surface area contributed by atoms with Crippen molar-refractivity contribution in [2.24, 2.45) is 5.92 Å². The van der Waals surface area contributed by atoms with E-state index in [1.165, 1.54) is 13.0 Å². The number of carbonyl (C=O) groups is 3. The molecule has 0 saturated heterocycles. The summed E-state index contributed by atoms with van der Waals surface area (Å²) in [6, 6.07) is 1.65. The molecule has 1 saturated carbocycles. The molecular formula is C17H21N3O7. The van der Waals surface area contributed by atoms with E-state index in [0.29, 0.717) is 25.7 Å². The fraction of sp³-hybridized carbons (Fsp3) is 0.471. The molecule has 0 spiro atoms. The van der Waals surface area contributed by atoms with Crippen LogP contribution in [0.1, 0.15) is 41.6 Å². The van der Waals surface area contributed by atoms with Crippen molar-refractivity contribution in [2.45, 2.75) is 38.6 Å². The van der Waals surface area contributed by atoms with Crippen LogP contribution in [0, 0.1) is 23.0 Å². The summed E-state index contributed by atoms with van der Waals surface area (Å²) in [5.41, 5.74) is -0.0269. The van der Waals surface area contributed by atoms with Crippen molar-refractivity contribution in [3.05, 3.63) is 33.4 Å². The first-order valence-electron chi connectivity index (χ1n) is 8.40. The zero-order valence-electron chi connectivity index (χ0n) is 15.0. The zero-order valence-corrected chi connectivity index (χ0v) is 15.0. The van der Waals surface area contributed by atoms with Gasteiger partial charge in [-0.1, -0.05) is 0 Å². The second-order valence-electron chi connectivity index (χ2n) is 6.40. The number of nitrogens with one attached hydrogen (secondary N) is 2. The fourth-order valence-corrected chi connectivity index (χ4v) is 3.08. The van der Waals surface area contributed by atoms with Crippen molar-refractivity contribution in [3.8, 4) is 0 Å². The van der Waals surface area contributed by atoms with Gasteiger partial charge in [0.25, 0.3) is 5.69 Å². The maximum Gasteiger partial charge on any atom is 0.338 e. The molecule has 3 N–H and O–H groups in total. The lowest BCUT2D eigenvalue weighted by Gasteiger charge is -2.27. The summed E-state index contributed by atoms with van der Waals surface area (Å²) in [4.78, 5) is 45.5. The number of benzene rings is 1. The topological polar surface area (TPSA) is 148 Å². The molecule has 10 nitrogen and oxygen atoms in total. The van der Waals surface area contributed by atoms with E-state index in [4.69, 9.17) is 5.11 Å². The van der Waals surface area contributed by atoms with Crippen molar-refractivity contribution < 1.29 is 29.2 Å². The van der Waals surface area contributed by atoms with E-state index in [-0.39, 0.29) is 28.5 Å². The molecule has 1 aromatic carbocycles. The second-order valence-corrected chi connectivity index (χ2v) is 6.40. The van der Waals surface area contributed by atoms with E-state index < -0.39 is 28.8 Å². The van der Waals surface area contributed by atoms with Crippen LogP contribution in [0.4, 0.5) is 16.2 Å². The molecule has 1 fully saturated rings. The first-order chi connectivity index (χ1) is 12.7. The molecule has 0 atom stereocenters. The molecule has 0 bridgehead atoms. The van der Waals surface area contributed by atoms with Gasteiger partial charge in [-0.15, -0.1) is 0 Å². The SMILES string of the molecule is COC(=O)c1cc(NC(=O)NC2CCC(C(=O)O)CC2)c(C)c([N+](=O)[O-])c1. The number of nitrogens with zero attached hydrogens (tertiary/aromatic N) is 1. The van der Waals surface area contributed by atoms with Gasteiger partial charge in [0.15, 0.2) is 0 Å². The average Bonchev–Trinajstić information content (AvgIpc) is 2.62. The van der Waals surface area contributed by atoms with Crippen LogP contribution >= 0.6 is 0 Å². The van der Waals surface area contributed by atoms with E-state index in [1.807, 2.05) is 0 Å². The largest absolute Gasteiger partial charge is 0.481 e. The lowest BCUT2D eigenvalue weighted by atomic mass is 9.86. The number of anilines is 1. The zero-order chi connectivity index (χ0) is 20.1. The standard InChI is InChI=1S/C17H21N3O7/c1-9-13(7-11(16(23)27-2)8-14(9)20(25)26)19-17(24)18-12-5-3-10(4-6-12)15(21)22/h7-8,10,12H,3-6H2,1-2H3,(H,21,22)(H2,18,19,24). The maximum atomic E-state index is 12.3. The number of hydrogen-bond acceptors (Lipinski definition) is 6. The van der Waals surface area contributed by atoms with Crippen LogP contribution < -0.4 is 10.6 Å². The molecular weight excluding hydrogens is 358 g/mol. The summed E-state index contributed by atoms with van der Waals surface area (Å²) in [7, 11) is 1.15. The molecule has 2 rings (SSSR count). The predicted octanol–water partition coefficient (Wildman–Crippen LogP) is 2.45. The summed E-state index contributed by atoms with van der Waals surface area (Å²) < 4.78 is 4.58. The fourth-order valence-electron chi connectivity index (χ4n) is 3.08. The predicted molar refractivity (Wildman–Crippen MR) is 94.7 cm³/mol. The van der Waals surface area contributed by atoms with Gasteiger partial charge in [0.2, 0.25) is 0 Å². The number of amides is 2. The summed E-state index contributed by atoms with van der Waals surface area (Å²) in [6.07, 6.45) is 2.02. The van der Waals surface area contributed by atoms with Gasteiger partial charge in [-0.05, 0) is 38.7 Å². The highest BCUT2D eigenvalue weighted by atomic mass is 16.6. The van der Waals surface area contributed by atoms with Crippen molar-refractivity contribution in [3.63, 3.8) is 0 Å². The Morgan fingerprint density at radius 2 is 1.85 bits per heavy atom. The van der Waals surface area contributed by atoms with Crippen molar-refractivity contribution >= 4 is 29.3 Å². The minimum atomic E-state index is -0.833. The Labute approximate surface area is 155 Å². The van der Waals surface area contributed by atoms with Gasteiger partial charge in [-0.25, -0.2) is 9.59 Å². The molecule has 10 heteroatoms. The molecule has 1 aliphatic carbocycles. The Hall–Kier alpha value is -3.17. The molecule has 2 amide bonds. The quantitative estimate of drug-likeness (QED) is 0.404. The number of carboxylic acid groups (broad SMARTS) is 1. The number of ether oxygens (including phenoxy) is 1. The minimum absolute atomic E-state index is 0.0490. The molecule has 0 radical (unpaired) electrons. The van der Waals surface area contributed by atoms with E-state index in [1.54, 1.807) is 0 Å². The molecule has 0 aliphatic heterocycles. The molecule has 146 valence electrons. The third-order valence-corrected chi connectivity index (χ3v) is 4.66.